The van der Waals surface area contributed by atoms with E-state index in [4.69, 9.17) is 0 Å². The van der Waals surface area contributed by atoms with Gasteiger partial charge < -0.3 is 4.90 Å². The van der Waals surface area contributed by atoms with E-state index in [1.165, 1.54) is 15.6 Å². The van der Waals surface area contributed by atoms with Crippen molar-refractivity contribution in [2.24, 2.45) is 7.05 Å². The van der Waals surface area contributed by atoms with Gasteiger partial charge in [0.2, 0.25) is 5.91 Å². The molecule has 9 heteroatoms. The maximum Gasteiger partial charge on any atom is 0.345 e. The second-order valence-electron chi connectivity index (χ2n) is 8.42. The van der Waals surface area contributed by atoms with Crippen molar-refractivity contribution in [1.82, 2.24) is 28.8 Å². The topological polar surface area (TPSA) is 95.0 Å². The standard InChI is InChI=1S/C22H28N6O3/c1-15(2)28-20(24-25(3)22(28)31)16-7-6-11-26(13-16)19(29)10-12-27-14-23-18-9-5-4-8-17(18)21(27)30/h4-5,8-9,14-16H,6-7,10-13H2,1-3H3. The monoisotopic (exact) mass is 424 g/mol. The fraction of sp³-hybridized carbons (Fsp3) is 0.500. The molecular weight excluding hydrogens is 396 g/mol. The number of likely N-dealkylation sites (tertiary alicyclic amines) is 1. The SMILES string of the molecule is CC(C)n1c(C2CCCN(C(=O)CCn3cnc4ccccc4c3=O)C2)nn(C)c1=O. The zero-order valence-electron chi connectivity index (χ0n) is 18.2. The Labute approximate surface area is 179 Å². The molecule has 1 saturated heterocycles. The van der Waals surface area contributed by atoms with E-state index in [0.717, 1.165) is 18.7 Å². The van der Waals surface area contributed by atoms with Crippen molar-refractivity contribution in [2.75, 3.05) is 13.1 Å². The van der Waals surface area contributed by atoms with Gasteiger partial charge in [-0.05, 0) is 38.8 Å². The zero-order valence-corrected chi connectivity index (χ0v) is 18.2. The molecule has 0 saturated carbocycles. The zero-order chi connectivity index (χ0) is 22.1. The lowest BCUT2D eigenvalue weighted by molar-refractivity contribution is -0.132. The summed E-state index contributed by atoms with van der Waals surface area (Å²) in [5.41, 5.74) is 0.390. The smallest absolute Gasteiger partial charge is 0.342 e. The highest BCUT2D eigenvalue weighted by Gasteiger charge is 2.29. The van der Waals surface area contributed by atoms with Gasteiger partial charge in [-0.15, -0.1) is 0 Å². The fourth-order valence-electron chi connectivity index (χ4n) is 4.32. The molecule has 1 aromatic carbocycles. The van der Waals surface area contributed by atoms with E-state index in [9.17, 15) is 14.4 Å². The average Bonchev–Trinajstić information content (AvgIpc) is 3.08. The third-order valence-electron chi connectivity index (χ3n) is 5.94. The van der Waals surface area contributed by atoms with Crippen LogP contribution < -0.4 is 11.2 Å². The van der Waals surface area contributed by atoms with Crippen LogP contribution in [0.4, 0.5) is 0 Å². The van der Waals surface area contributed by atoms with E-state index < -0.39 is 0 Å². The summed E-state index contributed by atoms with van der Waals surface area (Å²) in [7, 11) is 1.66. The molecule has 1 aliphatic rings. The quantitative estimate of drug-likeness (QED) is 0.621. The summed E-state index contributed by atoms with van der Waals surface area (Å²) < 4.78 is 4.59. The minimum absolute atomic E-state index is 0.000802. The van der Waals surface area contributed by atoms with Crippen LogP contribution in [0.3, 0.4) is 0 Å². The number of para-hydroxylation sites is 1. The van der Waals surface area contributed by atoms with Gasteiger partial charge in [0.1, 0.15) is 5.82 Å². The number of hydrogen-bond acceptors (Lipinski definition) is 5. The normalized spacial score (nSPS) is 16.9. The van der Waals surface area contributed by atoms with Crippen molar-refractivity contribution in [1.29, 1.82) is 0 Å². The van der Waals surface area contributed by atoms with Gasteiger partial charge in [0.25, 0.3) is 5.56 Å². The number of rotatable bonds is 5. The molecule has 1 aliphatic heterocycles. The van der Waals surface area contributed by atoms with E-state index in [1.807, 2.05) is 30.9 Å². The van der Waals surface area contributed by atoms with E-state index in [0.29, 0.717) is 24.0 Å². The first-order valence-corrected chi connectivity index (χ1v) is 10.7. The minimum Gasteiger partial charge on any atom is -0.342 e. The molecule has 31 heavy (non-hydrogen) atoms. The highest BCUT2D eigenvalue weighted by atomic mass is 16.2. The third kappa shape index (κ3) is 4.04. The Bertz CT molecular complexity index is 1220. The maximum absolute atomic E-state index is 12.9. The molecule has 1 amide bonds. The third-order valence-corrected chi connectivity index (χ3v) is 5.94. The molecule has 0 bridgehead atoms. The number of aryl methyl sites for hydroxylation is 2. The van der Waals surface area contributed by atoms with Crippen LogP contribution in [0.5, 0.6) is 0 Å². The summed E-state index contributed by atoms with van der Waals surface area (Å²) in [6.07, 6.45) is 3.48. The predicted octanol–water partition coefficient (Wildman–Crippen LogP) is 1.67. The Morgan fingerprint density at radius 3 is 2.77 bits per heavy atom. The Morgan fingerprint density at radius 1 is 1.23 bits per heavy atom. The van der Waals surface area contributed by atoms with E-state index in [2.05, 4.69) is 10.1 Å². The summed E-state index contributed by atoms with van der Waals surface area (Å²) in [5, 5.41) is 5.01. The minimum atomic E-state index is -0.135. The molecule has 1 fully saturated rings. The van der Waals surface area contributed by atoms with Gasteiger partial charge in [-0.3, -0.25) is 18.7 Å². The van der Waals surface area contributed by atoms with Crippen molar-refractivity contribution < 1.29 is 4.79 Å². The summed E-state index contributed by atoms with van der Waals surface area (Å²) >= 11 is 0. The van der Waals surface area contributed by atoms with Gasteiger partial charge in [0.15, 0.2) is 0 Å². The van der Waals surface area contributed by atoms with Gasteiger partial charge in [-0.25, -0.2) is 14.5 Å². The number of piperidine rings is 1. The highest BCUT2D eigenvalue weighted by molar-refractivity contribution is 5.77. The fourth-order valence-corrected chi connectivity index (χ4v) is 4.32. The summed E-state index contributed by atoms with van der Waals surface area (Å²) in [6.45, 7) is 5.43. The summed E-state index contributed by atoms with van der Waals surface area (Å²) in [4.78, 5) is 44.1. The Kier molecular flexibility index (Phi) is 5.75. The molecule has 1 unspecified atom stereocenters. The second kappa shape index (κ2) is 8.49. The molecule has 0 N–H and O–H groups in total. The number of carbonyl (C=O) groups excluding carboxylic acids is 1. The molecule has 1 atom stereocenters. The van der Waals surface area contributed by atoms with Crippen LogP contribution in [0, 0.1) is 0 Å². The molecular formula is C22H28N6O3. The Hall–Kier alpha value is -3.23. The Morgan fingerprint density at radius 2 is 2.00 bits per heavy atom. The van der Waals surface area contributed by atoms with E-state index in [1.54, 1.807) is 23.7 Å². The van der Waals surface area contributed by atoms with Gasteiger partial charge in [0, 0.05) is 45.1 Å². The van der Waals surface area contributed by atoms with Gasteiger partial charge in [0.05, 0.1) is 17.2 Å². The van der Waals surface area contributed by atoms with Crippen LogP contribution in [-0.4, -0.2) is 47.8 Å². The van der Waals surface area contributed by atoms with Crippen molar-refractivity contribution in [3.05, 3.63) is 57.3 Å². The summed E-state index contributed by atoms with van der Waals surface area (Å²) in [6, 6.07) is 7.21. The van der Waals surface area contributed by atoms with Crippen LogP contribution in [-0.2, 0) is 18.4 Å². The number of carbonyl (C=O) groups is 1. The second-order valence-corrected chi connectivity index (χ2v) is 8.42. The number of fused-ring (bicyclic) bond motifs is 1. The Balaban J connectivity index is 1.47. The molecule has 0 radical (unpaired) electrons. The molecule has 4 rings (SSSR count). The lowest BCUT2D eigenvalue weighted by Crippen LogP contribution is -2.40. The number of nitrogens with zero attached hydrogens (tertiary/aromatic N) is 6. The van der Waals surface area contributed by atoms with E-state index >= 15 is 0 Å². The van der Waals surface area contributed by atoms with Crippen molar-refractivity contribution >= 4 is 16.8 Å². The highest BCUT2D eigenvalue weighted by Crippen LogP contribution is 2.26. The molecule has 164 valence electrons. The lowest BCUT2D eigenvalue weighted by atomic mass is 9.96. The number of hydrogen-bond donors (Lipinski definition) is 0. The van der Waals surface area contributed by atoms with Gasteiger partial charge in [-0.1, -0.05) is 12.1 Å². The number of aromatic nitrogens is 5. The van der Waals surface area contributed by atoms with Gasteiger partial charge >= 0.3 is 5.69 Å². The van der Waals surface area contributed by atoms with Crippen molar-refractivity contribution in [2.45, 2.75) is 51.6 Å². The van der Waals surface area contributed by atoms with E-state index in [-0.39, 0.29) is 42.1 Å². The first kappa shape index (κ1) is 21.0. The predicted molar refractivity (Wildman–Crippen MR) is 117 cm³/mol. The van der Waals surface area contributed by atoms with Crippen LogP contribution in [0.1, 0.15) is 50.9 Å². The molecule has 3 heterocycles. The first-order chi connectivity index (χ1) is 14.9. The van der Waals surface area contributed by atoms with Crippen molar-refractivity contribution in [3.8, 4) is 0 Å². The molecule has 0 aliphatic carbocycles. The summed E-state index contributed by atoms with van der Waals surface area (Å²) in [5.74, 6) is 0.771. The molecule has 3 aromatic rings. The van der Waals surface area contributed by atoms with Crippen molar-refractivity contribution in [3.63, 3.8) is 0 Å². The van der Waals surface area contributed by atoms with Crippen LogP contribution in [0.2, 0.25) is 0 Å². The van der Waals surface area contributed by atoms with Crippen LogP contribution in [0.25, 0.3) is 10.9 Å². The largest absolute Gasteiger partial charge is 0.345 e. The van der Waals surface area contributed by atoms with Gasteiger partial charge in [-0.2, -0.15) is 5.10 Å². The van der Waals surface area contributed by atoms with Crippen LogP contribution >= 0.6 is 0 Å². The lowest BCUT2D eigenvalue weighted by Gasteiger charge is -2.32. The number of benzene rings is 1. The molecule has 0 spiro atoms. The number of amides is 1. The molecule has 2 aromatic heterocycles. The van der Waals surface area contributed by atoms with Crippen LogP contribution in [0.15, 0.2) is 40.2 Å². The average molecular weight is 425 g/mol. The maximum atomic E-state index is 12.9. The molecule has 9 nitrogen and oxygen atoms in total. The first-order valence-electron chi connectivity index (χ1n) is 10.7.